The van der Waals surface area contributed by atoms with E-state index in [9.17, 15) is 5.11 Å². The van der Waals surface area contributed by atoms with Crippen molar-refractivity contribution >= 4 is 0 Å². The lowest BCUT2D eigenvalue weighted by Crippen LogP contribution is -2.26. The third-order valence-electron chi connectivity index (χ3n) is 2.05. The van der Waals surface area contributed by atoms with E-state index in [1.807, 2.05) is 51.1 Å². The van der Waals surface area contributed by atoms with E-state index >= 15 is 0 Å². The molecule has 0 heterocycles. The van der Waals surface area contributed by atoms with E-state index in [4.69, 9.17) is 4.74 Å². The maximum absolute atomic E-state index is 9.56. The molecule has 0 aliphatic rings. The molecule has 0 aliphatic carbocycles. The lowest BCUT2D eigenvalue weighted by molar-refractivity contribution is -0.198. The second-order valence-electron chi connectivity index (χ2n) is 3.30. The Kier molecular flexibility index (Phi) is 7.01. The largest absolute Gasteiger partial charge is 0.366 e. The van der Waals surface area contributed by atoms with Gasteiger partial charge in [-0.15, -0.1) is 0 Å². The average Bonchev–Trinajstić information content (AvgIpc) is 2.31. The molecule has 2 heteroatoms. The quantitative estimate of drug-likeness (QED) is 0.772. The predicted octanol–water partition coefficient (Wildman–Crippen LogP) is 3.35. The zero-order valence-electron chi connectivity index (χ0n) is 10.2. The molecule has 0 saturated heterocycles. The van der Waals surface area contributed by atoms with E-state index in [0.29, 0.717) is 13.0 Å². The van der Waals surface area contributed by atoms with E-state index in [0.717, 1.165) is 5.56 Å². The van der Waals surface area contributed by atoms with Crippen molar-refractivity contribution in [1.82, 2.24) is 0 Å². The van der Waals surface area contributed by atoms with Gasteiger partial charge in [0.2, 0.25) is 0 Å². The molecule has 1 atom stereocenters. The monoisotopic (exact) mass is 210 g/mol. The lowest BCUT2D eigenvalue weighted by Gasteiger charge is -2.21. The SMILES string of the molecule is CC.CCC(C)(O)OCc1ccccc1. The molecular formula is C13H22O2. The lowest BCUT2D eigenvalue weighted by atomic mass is 10.2. The number of rotatable bonds is 4. The molecule has 0 aliphatic heterocycles. The summed E-state index contributed by atoms with van der Waals surface area (Å²) >= 11 is 0. The van der Waals surface area contributed by atoms with Gasteiger partial charge in [0.1, 0.15) is 0 Å². The Morgan fingerprint density at radius 1 is 1.20 bits per heavy atom. The normalized spacial score (nSPS) is 13.7. The number of hydrogen-bond donors (Lipinski definition) is 1. The Morgan fingerprint density at radius 3 is 2.20 bits per heavy atom. The van der Waals surface area contributed by atoms with Crippen LogP contribution in [0, 0.1) is 0 Å². The van der Waals surface area contributed by atoms with Crippen LogP contribution in [-0.2, 0) is 11.3 Å². The van der Waals surface area contributed by atoms with Crippen molar-refractivity contribution in [3.05, 3.63) is 35.9 Å². The van der Waals surface area contributed by atoms with Crippen molar-refractivity contribution in [2.45, 2.75) is 46.5 Å². The first kappa shape index (κ1) is 14.1. The minimum atomic E-state index is -1.00. The van der Waals surface area contributed by atoms with Crippen LogP contribution in [0.5, 0.6) is 0 Å². The van der Waals surface area contributed by atoms with E-state index in [-0.39, 0.29) is 0 Å². The summed E-state index contributed by atoms with van der Waals surface area (Å²) in [6.45, 7) is 8.03. The highest BCUT2D eigenvalue weighted by Gasteiger charge is 2.17. The Morgan fingerprint density at radius 2 is 1.73 bits per heavy atom. The summed E-state index contributed by atoms with van der Waals surface area (Å²) in [6, 6.07) is 9.83. The maximum atomic E-state index is 9.56. The summed E-state index contributed by atoms with van der Waals surface area (Å²) in [6.07, 6.45) is 0.597. The van der Waals surface area contributed by atoms with Crippen molar-refractivity contribution in [3.8, 4) is 0 Å². The highest BCUT2D eigenvalue weighted by atomic mass is 16.6. The first-order valence-electron chi connectivity index (χ1n) is 5.54. The highest BCUT2D eigenvalue weighted by Crippen LogP contribution is 2.13. The number of hydrogen-bond acceptors (Lipinski definition) is 2. The number of benzene rings is 1. The van der Waals surface area contributed by atoms with Gasteiger partial charge in [0, 0.05) is 0 Å². The molecule has 1 unspecified atom stereocenters. The van der Waals surface area contributed by atoms with Gasteiger partial charge < -0.3 is 9.84 Å². The smallest absolute Gasteiger partial charge is 0.162 e. The summed E-state index contributed by atoms with van der Waals surface area (Å²) in [5.74, 6) is -1.00. The van der Waals surface area contributed by atoms with Crippen LogP contribution in [0.3, 0.4) is 0 Å². The van der Waals surface area contributed by atoms with Gasteiger partial charge in [-0.2, -0.15) is 0 Å². The standard InChI is InChI=1S/C11H16O2.C2H6/c1-3-11(2,12)13-9-10-7-5-4-6-8-10;1-2/h4-8,12H,3,9H2,1-2H3;1-2H3. The maximum Gasteiger partial charge on any atom is 0.162 e. The van der Waals surface area contributed by atoms with Crippen LogP contribution >= 0.6 is 0 Å². The van der Waals surface area contributed by atoms with Gasteiger partial charge in [0.15, 0.2) is 5.79 Å². The molecule has 0 radical (unpaired) electrons. The second-order valence-corrected chi connectivity index (χ2v) is 3.30. The third kappa shape index (κ3) is 6.26. The number of ether oxygens (including phenoxy) is 1. The van der Waals surface area contributed by atoms with Gasteiger partial charge in [-0.3, -0.25) is 0 Å². The van der Waals surface area contributed by atoms with Crippen LogP contribution < -0.4 is 0 Å². The van der Waals surface area contributed by atoms with Crippen molar-refractivity contribution in [2.24, 2.45) is 0 Å². The molecule has 0 spiro atoms. The van der Waals surface area contributed by atoms with Gasteiger partial charge >= 0.3 is 0 Å². The average molecular weight is 210 g/mol. The predicted molar refractivity (Wildman–Crippen MR) is 63.5 cm³/mol. The van der Waals surface area contributed by atoms with Crippen LogP contribution in [0.25, 0.3) is 0 Å². The fourth-order valence-electron chi connectivity index (χ4n) is 0.915. The summed E-state index contributed by atoms with van der Waals surface area (Å²) in [4.78, 5) is 0. The Balaban J connectivity index is 0.000000921. The van der Waals surface area contributed by atoms with E-state index < -0.39 is 5.79 Å². The summed E-state index contributed by atoms with van der Waals surface area (Å²) in [5.41, 5.74) is 1.08. The summed E-state index contributed by atoms with van der Waals surface area (Å²) in [7, 11) is 0. The van der Waals surface area contributed by atoms with Crippen LogP contribution in [0.1, 0.15) is 39.7 Å². The van der Waals surface area contributed by atoms with Crippen LogP contribution in [0.2, 0.25) is 0 Å². The molecule has 1 rings (SSSR count). The van der Waals surface area contributed by atoms with Gasteiger partial charge in [0.25, 0.3) is 0 Å². The molecule has 0 fully saturated rings. The minimum Gasteiger partial charge on any atom is -0.366 e. The molecule has 1 aromatic rings. The topological polar surface area (TPSA) is 29.5 Å². The van der Waals surface area contributed by atoms with Gasteiger partial charge in [0.05, 0.1) is 6.61 Å². The summed E-state index contributed by atoms with van der Waals surface area (Å²) < 4.78 is 5.32. The molecule has 0 bridgehead atoms. The molecule has 0 saturated carbocycles. The Labute approximate surface area is 92.9 Å². The van der Waals surface area contributed by atoms with Gasteiger partial charge in [-0.25, -0.2) is 0 Å². The van der Waals surface area contributed by atoms with Crippen molar-refractivity contribution < 1.29 is 9.84 Å². The first-order valence-corrected chi connectivity index (χ1v) is 5.54. The molecular weight excluding hydrogens is 188 g/mol. The van der Waals surface area contributed by atoms with Crippen LogP contribution in [0.4, 0.5) is 0 Å². The zero-order valence-corrected chi connectivity index (χ0v) is 10.2. The van der Waals surface area contributed by atoms with Crippen LogP contribution in [-0.4, -0.2) is 10.9 Å². The van der Waals surface area contributed by atoms with Gasteiger partial charge in [-0.1, -0.05) is 51.1 Å². The molecule has 2 nitrogen and oxygen atoms in total. The van der Waals surface area contributed by atoms with Crippen molar-refractivity contribution in [3.63, 3.8) is 0 Å². The summed E-state index contributed by atoms with van der Waals surface area (Å²) in [5, 5.41) is 9.56. The van der Waals surface area contributed by atoms with Crippen molar-refractivity contribution in [2.75, 3.05) is 0 Å². The van der Waals surface area contributed by atoms with Gasteiger partial charge in [-0.05, 0) is 18.9 Å². The van der Waals surface area contributed by atoms with E-state index in [2.05, 4.69) is 0 Å². The van der Waals surface area contributed by atoms with E-state index in [1.165, 1.54) is 0 Å². The second kappa shape index (κ2) is 7.43. The minimum absolute atomic E-state index is 0.460. The highest BCUT2D eigenvalue weighted by molar-refractivity contribution is 5.13. The molecule has 1 aromatic carbocycles. The molecule has 1 N–H and O–H groups in total. The fraction of sp³-hybridized carbons (Fsp3) is 0.538. The Bertz CT molecular complexity index is 242. The van der Waals surface area contributed by atoms with Crippen molar-refractivity contribution in [1.29, 1.82) is 0 Å². The van der Waals surface area contributed by atoms with Crippen LogP contribution in [0.15, 0.2) is 30.3 Å². The molecule has 0 amide bonds. The first-order chi connectivity index (χ1) is 7.14. The Hall–Kier alpha value is -0.860. The number of aliphatic hydroxyl groups is 1. The third-order valence-corrected chi connectivity index (χ3v) is 2.05. The molecule has 86 valence electrons. The zero-order chi connectivity index (χ0) is 11.7. The molecule has 15 heavy (non-hydrogen) atoms. The fourth-order valence-corrected chi connectivity index (χ4v) is 0.915. The van der Waals surface area contributed by atoms with E-state index in [1.54, 1.807) is 6.92 Å². The molecule has 0 aromatic heterocycles.